The van der Waals surface area contributed by atoms with E-state index in [1.165, 1.54) is 5.56 Å². The quantitative estimate of drug-likeness (QED) is 0.880. The summed E-state index contributed by atoms with van der Waals surface area (Å²) in [5.74, 6) is 1.29. The van der Waals surface area contributed by atoms with E-state index < -0.39 is 0 Å². The van der Waals surface area contributed by atoms with Crippen molar-refractivity contribution in [1.82, 2.24) is 9.88 Å². The molecular weight excluding hydrogens is 330 g/mol. The summed E-state index contributed by atoms with van der Waals surface area (Å²) < 4.78 is 5.75. The standard InChI is InChI=1S/C20H25N3O3/c1-13-4-6-17(10-14(13)2)26-19-7-5-16(11-21-19)22-20(25)23-9-8-18(24)15(3)12-23/h4-7,10-11,15,18,24H,8-9,12H2,1-3H3,(H,22,25)/t15-,18-/m0/s1. The molecule has 2 amide bonds. The maximum Gasteiger partial charge on any atom is 0.321 e. The van der Waals surface area contributed by atoms with E-state index in [-0.39, 0.29) is 18.1 Å². The number of hydrogen-bond donors (Lipinski definition) is 2. The van der Waals surface area contributed by atoms with E-state index in [2.05, 4.69) is 17.2 Å². The Morgan fingerprint density at radius 3 is 2.73 bits per heavy atom. The molecule has 2 aromatic rings. The summed E-state index contributed by atoms with van der Waals surface area (Å²) >= 11 is 0. The molecule has 0 spiro atoms. The lowest BCUT2D eigenvalue weighted by atomic mass is 9.97. The van der Waals surface area contributed by atoms with E-state index in [9.17, 15) is 9.90 Å². The van der Waals surface area contributed by atoms with Crippen LogP contribution in [0.3, 0.4) is 0 Å². The number of benzene rings is 1. The molecule has 0 aliphatic carbocycles. The molecule has 3 rings (SSSR count). The molecule has 1 saturated heterocycles. The lowest BCUT2D eigenvalue weighted by Gasteiger charge is -2.34. The van der Waals surface area contributed by atoms with Gasteiger partial charge in [0.2, 0.25) is 5.88 Å². The first-order valence-electron chi connectivity index (χ1n) is 8.87. The van der Waals surface area contributed by atoms with Gasteiger partial charge < -0.3 is 20.1 Å². The van der Waals surface area contributed by atoms with E-state index in [1.54, 1.807) is 23.2 Å². The first-order chi connectivity index (χ1) is 12.4. The molecule has 0 unspecified atom stereocenters. The van der Waals surface area contributed by atoms with Gasteiger partial charge in [-0.05, 0) is 55.5 Å². The molecule has 1 aliphatic rings. The molecule has 6 heteroatoms. The third-order valence-corrected chi connectivity index (χ3v) is 4.84. The third-order valence-electron chi connectivity index (χ3n) is 4.84. The van der Waals surface area contributed by atoms with Crippen molar-refractivity contribution in [3.63, 3.8) is 0 Å². The number of anilines is 1. The van der Waals surface area contributed by atoms with Crippen LogP contribution in [0.4, 0.5) is 10.5 Å². The Morgan fingerprint density at radius 1 is 1.27 bits per heavy atom. The number of pyridine rings is 1. The number of urea groups is 1. The monoisotopic (exact) mass is 355 g/mol. The number of aryl methyl sites for hydroxylation is 2. The highest BCUT2D eigenvalue weighted by atomic mass is 16.5. The Balaban J connectivity index is 1.59. The van der Waals surface area contributed by atoms with Gasteiger partial charge >= 0.3 is 6.03 Å². The summed E-state index contributed by atoms with van der Waals surface area (Å²) in [5, 5.41) is 12.6. The van der Waals surface area contributed by atoms with Gasteiger partial charge in [0.05, 0.1) is 18.0 Å². The Hall–Kier alpha value is -2.60. The first-order valence-corrected chi connectivity index (χ1v) is 8.87. The van der Waals surface area contributed by atoms with Gasteiger partial charge in [0.15, 0.2) is 0 Å². The Morgan fingerprint density at radius 2 is 2.08 bits per heavy atom. The predicted molar refractivity (Wildman–Crippen MR) is 101 cm³/mol. The highest BCUT2D eigenvalue weighted by Crippen LogP contribution is 2.23. The Labute approximate surface area is 153 Å². The van der Waals surface area contributed by atoms with Gasteiger partial charge in [-0.15, -0.1) is 0 Å². The summed E-state index contributed by atoms with van der Waals surface area (Å²) in [4.78, 5) is 18.3. The number of carbonyl (C=O) groups excluding carboxylic acids is 1. The van der Waals surface area contributed by atoms with Gasteiger partial charge in [0, 0.05) is 19.2 Å². The molecule has 1 aromatic carbocycles. The van der Waals surface area contributed by atoms with E-state index in [0.717, 1.165) is 11.3 Å². The molecule has 2 atom stereocenters. The van der Waals surface area contributed by atoms with Gasteiger partial charge in [-0.1, -0.05) is 13.0 Å². The minimum Gasteiger partial charge on any atom is -0.439 e. The molecule has 2 heterocycles. The fraction of sp³-hybridized carbons (Fsp3) is 0.400. The lowest BCUT2D eigenvalue weighted by molar-refractivity contribution is 0.0506. The number of nitrogens with one attached hydrogen (secondary N) is 1. The maximum absolute atomic E-state index is 12.3. The molecule has 0 bridgehead atoms. The number of piperidine rings is 1. The van der Waals surface area contributed by atoms with E-state index in [0.29, 0.717) is 31.1 Å². The van der Waals surface area contributed by atoms with Crippen LogP contribution < -0.4 is 10.1 Å². The molecule has 1 aromatic heterocycles. The number of amides is 2. The number of aliphatic hydroxyl groups is 1. The SMILES string of the molecule is Cc1ccc(Oc2ccc(NC(=O)N3CC[C@H](O)[C@@H](C)C3)cn2)cc1C. The summed E-state index contributed by atoms with van der Waals surface area (Å²) in [6, 6.07) is 9.21. The number of aromatic nitrogens is 1. The summed E-state index contributed by atoms with van der Waals surface area (Å²) in [6.07, 6.45) is 1.86. The molecule has 6 nitrogen and oxygen atoms in total. The molecule has 138 valence electrons. The van der Waals surface area contributed by atoms with Crippen molar-refractivity contribution in [2.75, 3.05) is 18.4 Å². The fourth-order valence-electron chi connectivity index (χ4n) is 2.93. The van der Waals surface area contributed by atoms with Crippen LogP contribution in [0.5, 0.6) is 11.6 Å². The van der Waals surface area contributed by atoms with Crippen LogP contribution in [0.25, 0.3) is 0 Å². The van der Waals surface area contributed by atoms with E-state index in [1.807, 2.05) is 32.0 Å². The topological polar surface area (TPSA) is 74.7 Å². The zero-order valence-electron chi connectivity index (χ0n) is 15.4. The van der Waals surface area contributed by atoms with Crippen molar-refractivity contribution in [1.29, 1.82) is 0 Å². The smallest absolute Gasteiger partial charge is 0.321 e. The molecular formula is C20H25N3O3. The minimum atomic E-state index is -0.331. The maximum atomic E-state index is 12.3. The Kier molecular flexibility index (Phi) is 5.42. The number of aliphatic hydroxyl groups excluding tert-OH is 1. The van der Waals surface area contributed by atoms with Crippen molar-refractivity contribution in [3.05, 3.63) is 47.7 Å². The molecule has 1 fully saturated rings. The molecule has 1 aliphatic heterocycles. The van der Waals surface area contributed by atoms with E-state index >= 15 is 0 Å². The zero-order valence-corrected chi connectivity index (χ0v) is 15.4. The minimum absolute atomic E-state index is 0.0846. The summed E-state index contributed by atoms with van der Waals surface area (Å²) in [5.41, 5.74) is 2.98. The number of likely N-dealkylation sites (tertiary alicyclic amines) is 1. The fourth-order valence-corrected chi connectivity index (χ4v) is 2.93. The Bertz CT molecular complexity index is 776. The van der Waals surface area contributed by atoms with Crippen molar-refractivity contribution >= 4 is 11.7 Å². The van der Waals surface area contributed by atoms with Crippen molar-refractivity contribution < 1.29 is 14.6 Å². The lowest BCUT2D eigenvalue weighted by Crippen LogP contribution is -2.46. The number of carbonyl (C=O) groups is 1. The second-order valence-electron chi connectivity index (χ2n) is 6.94. The van der Waals surface area contributed by atoms with Crippen LogP contribution >= 0.6 is 0 Å². The van der Waals surface area contributed by atoms with Crippen LogP contribution in [0, 0.1) is 19.8 Å². The number of ether oxygens (including phenoxy) is 1. The van der Waals surface area contributed by atoms with Gasteiger partial charge in [0.25, 0.3) is 0 Å². The van der Waals surface area contributed by atoms with Gasteiger partial charge in [-0.2, -0.15) is 0 Å². The number of hydrogen-bond acceptors (Lipinski definition) is 4. The average molecular weight is 355 g/mol. The summed E-state index contributed by atoms with van der Waals surface area (Å²) in [6.45, 7) is 7.14. The summed E-state index contributed by atoms with van der Waals surface area (Å²) in [7, 11) is 0. The number of nitrogens with zero attached hydrogens (tertiary/aromatic N) is 2. The van der Waals surface area contributed by atoms with Crippen molar-refractivity contribution in [3.8, 4) is 11.6 Å². The van der Waals surface area contributed by atoms with Crippen LogP contribution in [0.1, 0.15) is 24.5 Å². The van der Waals surface area contributed by atoms with Crippen LogP contribution in [-0.4, -0.2) is 40.2 Å². The van der Waals surface area contributed by atoms with E-state index in [4.69, 9.17) is 4.74 Å². The second-order valence-corrected chi connectivity index (χ2v) is 6.94. The number of rotatable bonds is 3. The zero-order chi connectivity index (χ0) is 18.7. The van der Waals surface area contributed by atoms with Gasteiger partial charge in [0.1, 0.15) is 5.75 Å². The largest absolute Gasteiger partial charge is 0.439 e. The normalized spacial score (nSPS) is 19.9. The van der Waals surface area contributed by atoms with Gasteiger partial charge in [-0.3, -0.25) is 0 Å². The van der Waals surface area contributed by atoms with Crippen LogP contribution in [0.15, 0.2) is 36.5 Å². The van der Waals surface area contributed by atoms with Crippen molar-refractivity contribution in [2.45, 2.75) is 33.3 Å². The van der Waals surface area contributed by atoms with Crippen molar-refractivity contribution in [2.24, 2.45) is 5.92 Å². The molecule has 0 radical (unpaired) electrons. The third kappa shape index (κ3) is 4.32. The molecule has 0 saturated carbocycles. The predicted octanol–water partition coefficient (Wildman–Crippen LogP) is 3.73. The van der Waals surface area contributed by atoms with Crippen LogP contribution in [-0.2, 0) is 0 Å². The molecule has 2 N–H and O–H groups in total. The molecule has 26 heavy (non-hydrogen) atoms. The van der Waals surface area contributed by atoms with Gasteiger partial charge in [-0.25, -0.2) is 9.78 Å². The van der Waals surface area contributed by atoms with Crippen LogP contribution in [0.2, 0.25) is 0 Å². The second kappa shape index (κ2) is 7.74. The average Bonchev–Trinajstić information content (AvgIpc) is 2.62. The highest BCUT2D eigenvalue weighted by molar-refractivity contribution is 5.89. The highest BCUT2D eigenvalue weighted by Gasteiger charge is 2.27. The first kappa shape index (κ1) is 18.2.